The topological polar surface area (TPSA) is 93.3 Å². The van der Waals surface area contributed by atoms with Crippen molar-refractivity contribution in [2.24, 2.45) is 0 Å². The zero-order valence-corrected chi connectivity index (χ0v) is 13.0. The van der Waals surface area contributed by atoms with Crippen molar-refractivity contribution in [3.63, 3.8) is 0 Å². The molecule has 0 saturated heterocycles. The zero-order valence-electron chi connectivity index (χ0n) is 13.0. The van der Waals surface area contributed by atoms with Crippen molar-refractivity contribution in [1.82, 2.24) is 15.3 Å². The molecule has 0 aliphatic heterocycles. The number of nitrogen functional groups attached to an aromatic ring is 1. The Morgan fingerprint density at radius 3 is 2.82 bits per heavy atom. The number of methoxy groups -OCH3 is 1. The second kappa shape index (κ2) is 7.72. The quantitative estimate of drug-likeness (QED) is 0.662. The molecule has 0 saturated carbocycles. The lowest BCUT2D eigenvalue weighted by Crippen LogP contribution is -2.17. The van der Waals surface area contributed by atoms with Gasteiger partial charge in [0.05, 0.1) is 13.7 Å². The monoisotopic (exact) mass is 302 g/mol. The summed E-state index contributed by atoms with van der Waals surface area (Å²) >= 11 is 0. The third kappa shape index (κ3) is 4.16. The molecule has 0 unspecified atom stereocenters. The fourth-order valence-corrected chi connectivity index (χ4v) is 2.25. The minimum absolute atomic E-state index is 0.131. The first-order valence-electron chi connectivity index (χ1n) is 7.19. The van der Waals surface area contributed by atoms with Crippen LogP contribution in [0.1, 0.15) is 22.4 Å². The largest absolute Gasteiger partial charge is 0.496 e. The Kier molecular flexibility index (Phi) is 5.68. The van der Waals surface area contributed by atoms with Crippen LogP contribution in [0, 0.1) is 6.92 Å². The molecule has 0 amide bonds. The second-order valence-electron chi connectivity index (χ2n) is 5.06. The minimum atomic E-state index is 0.131. The van der Waals surface area contributed by atoms with Gasteiger partial charge in [-0.1, -0.05) is 12.1 Å². The SMILES string of the molecule is COc1cc(CNCCO)ccc1Cc1cnc(N)nc1C. The highest BCUT2D eigenvalue weighted by molar-refractivity contribution is 5.41. The lowest BCUT2D eigenvalue weighted by atomic mass is 10.0. The Bertz CT molecular complexity index is 632. The molecule has 118 valence electrons. The number of aromatic nitrogens is 2. The van der Waals surface area contributed by atoms with Crippen LogP contribution in [0.4, 0.5) is 5.95 Å². The molecule has 6 heteroatoms. The zero-order chi connectivity index (χ0) is 15.9. The number of aliphatic hydroxyl groups is 1. The summed E-state index contributed by atoms with van der Waals surface area (Å²) < 4.78 is 5.49. The molecule has 1 aromatic carbocycles. The molecule has 0 bridgehead atoms. The summed E-state index contributed by atoms with van der Waals surface area (Å²) in [6.07, 6.45) is 2.45. The smallest absolute Gasteiger partial charge is 0.220 e. The Hall–Kier alpha value is -2.18. The summed E-state index contributed by atoms with van der Waals surface area (Å²) in [5, 5.41) is 11.9. The van der Waals surface area contributed by atoms with E-state index in [4.69, 9.17) is 15.6 Å². The number of nitrogens with one attached hydrogen (secondary N) is 1. The van der Waals surface area contributed by atoms with E-state index in [9.17, 15) is 0 Å². The lowest BCUT2D eigenvalue weighted by Gasteiger charge is -2.12. The number of ether oxygens (including phenoxy) is 1. The molecule has 0 spiro atoms. The minimum Gasteiger partial charge on any atom is -0.496 e. The van der Waals surface area contributed by atoms with Gasteiger partial charge in [0.15, 0.2) is 0 Å². The average Bonchev–Trinajstić information content (AvgIpc) is 2.51. The van der Waals surface area contributed by atoms with Crippen molar-refractivity contribution in [3.8, 4) is 5.75 Å². The van der Waals surface area contributed by atoms with E-state index in [1.165, 1.54) is 0 Å². The van der Waals surface area contributed by atoms with Crippen LogP contribution in [0.15, 0.2) is 24.4 Å². The first kappa shape index (κ1) is 16.2. The average molecular weight is 302 g/mol. The Balaban J connectivity index is 2.16. The Morgan fingerprint density at radius 2 is 2.14 bits per heavy atom. The molecule has 0 atom stereocenters. The van der Waals surface area contributed by atoms with E-state index in [1.807, 2.05) is 19.1 Å². The molecule has 0 radical (unpaired) electrons. The third-order valence-electron chi connectivity index (χ3n) is 3.45. The van der Waals surface area contributed by atoms with Crippen molar-refractivity contribution in [3.05, 3.63) is 46.8 Å². The van der Waals surface area contributed by atoms with Crippen LogP contribution in [0.25, 0.3) is 0 Å². The lowest BCUT2D eigenvalue weighted by molar-refractivity contribution is 0.292. The molecule has 1 heterocycles. The molecule has 0 aliphatic carbocycles. The summed E-state index contributed by atoms with van der Waals surface area (Å²) in [5.74, 6) is 1.12. The van der Waals surface area contributed by atoms with Crippen LogP contribution in [0.5, 0.6) is 5.75 Å². The molecule has 1 aromatic heterocycles. The van der Waals surface area contributed by atoms with Crippen molar-refractivity contribution in [2.75, 3.05) is 26.0 Å². The van der Waals surface area contributed by atoms with Gasteiger partial charge in [0, 0.05) is 31.4 Å². The van der Waals surface area contributed by atoms with Crippen molar-refractivity contribution in [1.29, 1.82) is 0 Å². The van der Waals surface area contributed by atoms with Crippen LogP contribution < -0.4 is 15.8 Å². The van der Waals surface area contributed by atoms with Crippen molar-refractivity contribution >= 4 is 5.95 Å². The maximum atomic E-state index is 8.79. The van der Waals surface area contributed by atoms with Gasteiger partial charge in [-0.3, -0.25) is 0 Å². The van der Waals surface area contributed by atoms with Gasteiger partial charge in [-0.25, -0.2) is 9.97 Å². The van der Waals surface area contributed by atoms with Gasteiger partial charge >= 0.3 is 0 Å². The van der Waals surface area contributed by atoms with Crippen LogP contribution in [-0.2, 0) is 13.0 Å². The molecule has 0 aliphatic rings. The number of nitrogens with two attached hydrogens (primary N) is 1. The first-order valence-corrected chi connectivity index (χ1v) is 7.19. The summed E-state index contributed by atoms with van der Waals surface area (Å²) in [6, 6.07) is 6.10. The van der Waals surface area contributed by atoms with Crippen molar-refractivity contribution < 1.29 is 9.84 Å². The van der Waals surface area contributed by atoms with E-state index in [0.29, 0.717) is 25.5 Å². The van der Waals surface area contributed by atoms with E-state index in [-0.39, 0.29) is 6.61 Å². The van der Waals surface area contributed by atoms with E-state index >= 15 is 0 Å². The molecule has 2 aromatic rings. The highest BCUT2D eigenvalue weighted by Gasteiger charge is 2.09. The van der Waals surface area contributed by atoms with Crippen LogP contribution >= 0.6 is 0 Å². The number of benzene rings is 1. The number of hydrogen-bond donors (Lipinski definition) is 3. The number of aliphatic hydroxyl groups excluding tert-OH is 1. The molecule has 22 heavy (non-hydrogen) atoms. The number of hydrogen-bond acceptors (Lipinski definition) is 6. The standard InChI is InChI=1S/C16H22N4O2/c1-11-14(10-19-16(17)20-11)8-13-4-3-12(7-15(13)22-2)9-18-5-6-21/h3-4,7,10,18,21H,5-6,8-9H2,1-2H3,(H2,17,19,20). The van der Waals surface area contributed by atoms with Crippen molar-refractivity contribution in [2.45, 2.75) is 19.9 Å². The molecule has 4 N–H and O–H groups in total. The van der Waals surface area contributed by atoms with E-state index in [1.54, 1.807) is 13.3 Å². The van der Waals surface area contributed by atoms with E-state index < -0.39 is 0 Å². The normalized spacial score (nSPS) is 10.7. The van der Waals surface area contributed by atoms with Gasteiger partial charge in [0.2, 0.25) is 5.95 Å². The number of rotatable bonds is 7. The molecular weight excluding hydrogens is 280 g/mol. The Morgan fingerprint density at radius 1 is 1.32 bits per heavy atom. The summed E-state index contributed by atoms with van der Waals surface area (Å²) in [4.78, 5) is 8.24. The maximum Gasteiger partial charge on any atom is 0.220 e. The summed E-state index contributed by atoms with van der Waals surface area (Å²) in [5.41, 5.74) is 9.67. The fourth-order valence-electron chi connectivity index (χ4n) is 2.25. The molecule has 6 nitrogen and oxygen atoms in total. The van der Waals surface area contributed by atoms with Gasteiger partial charge in [0.25, 0.3) is 0 Å². The Labute approximate surface area is 130 Å². The molecular formula is C16H22N4O2. The van der Waals surface area contributed by atoms with Gasteiger partial charge in [-0.05, 0) is 29.7 Å². The van der Waals surface area contributed by atoms with Crippen LogP contribution in [-0.4, -0.2) is 35.3 Å². The highest BCUT2D eigenvalue weighted by atomic mass is 16.5. The fraction of sp³-hybridized carbons (Fsp3) is 0.375. The number of anilines is 1. The number of aryl methyl sites for hydroxylation is 1. The highest BCUT2D eigenvalue weighted by Crippen LogP contribution is 2.24. The third-order valence-corrected chi connectivity index (χ3v) is 3.45. The predicted molar refractivity (Wildman–Crippen MR) is 85.8 cm³/mol. The molecule has 0 fully saturated rings. The second-order valence-corrected chi connectivity index (χ2v) is 5.06. The first-order chi connectivity index (χ1) is 10.6. The van der Waals surface area contributed by atoms with Gasteiger partial charge in [-0.2, -0.15) is 0 Å². The van der Waals surface area contributed by atoms with Gasteiger partial charge in [0.1, 0.15) is 5.75 Å². The summed E-state index contributed by atoms with van der Waals surface area (Å²) in [6.45, 7) is 3.33. The van der Waals surface area contributed by atoms with Crippen LogP contribution in [0.2, 0.25) is 0 Å². The van der Waals surface area contributed by atoms with E-state index in [2.05, 4.69) is 21.4 Å². The van der Waals surface area contributed by atoms with Gasteiger partial charge < -0.3 is 20.9 Å². The van der Waals surface area contributed by atoms with Crippen LogP contribution in [0.3, 0.4) is 0 Å². The van der Waals surface area contributed by atoms with Gasteiger partial charge in [-0.15, -0.1) is 0 Å². The number of nitrogens with zero attached hydrogens (tertiary/aromatic N) is 2. The predicted octanol–water partition coefficient (Wildman–Crippen LogP) is 1.05. The maximum absolute atomic E-state index is 8.79. The summed E-state index contributed by atoms with van der Waals surface area (Å²) in [7, 11) is 1.66. The van der Waals surface area contributed by atoms with E-state index in [0.717, 1.165) is 28.1 Å². The molecule has 2 rings (SSSR count).